The van der Waals surface area contributed by atoms with Crippen LogP contribution in [0.25, 0.3) is 0 Å². The van der Waals surface area contributed by atoms with E-state index in [4.69, 9.17) is 17.2 Å². The van der Waals surface area contributed by atoms with Crippen molar-refractivity contribution >= 4 is 36.0 Å². The van der Waals surface area contributed by atoms with Gasteiger partial charge in [-0.3, -0.25) is 14.4 Å². The zero-order chi connectivity index (χ0) is 31.7. The fourth-order valence-corrected chi connectivity index (χ4v) is 4.97. The van der Waals surface area contributed by atoms with Gasteiger partial charge in [-0.1, -0.05) is 24.3 Å². The summed E-state index contributed by atoms with van der Waals surface area (Å²) in [7, 11) is -1.77. The Morgan fingerprint density at radius 3 is 2.21 bits per heavy atom. The van der Waals surface area contributed by atoms with Crippen LogP contribution >= 0.6 is 0 Å². The van der Waals surface area contributed by atoms with Crippen LogP contribution < -0.4 is 38.6 Å². The molecule has 0 aliphatic heterocycles. The van der Waals surface area contributed by atoms with Crippen LogP contribution in [0.2, 0.25) is 0 Å². The Kier molecular flexibility index (Phi) is 12.1. The molecule has 2 aromatic rings. The van der Waals surface area contributed by atoms with Crippen LogP contribution in [-0.2, 0) is 27.0 Å². The third-order valence-corrected chi connectivity index (χ3v) is 7.25. The average molecular weight is 606 g/mol. The molecule has 1 aliphatic carbocycles. The smallest absolute Gasteiger partial charge is 0.423 e. The third kappa shape index (κ3) is 10.9. The zero-order valence-corrected chi connectivity index (χ0v) is 23.5. The van der Waals surface area contributed by atoms with Gasteiger partial charge in [-0.05, 0) is 73.8 Å². The summed E-state index contributed by atoms with van der Waals surface area (Å²) in [5, 5.41) is 26.9. The van der Waals surface area contributed by atoms with E-state index in [9.17, 15) is 37.6 Å². The quantitative estimate of drug-likeness (QED) is 0.153. The molecule has 0 bridgehead atoms. The van der Waals surface area contributed by atoms with Crippen LogP contribution in [0.5, 0.6) is 0 Å². The van der Waals surface area contributed by atoms with Gasteiger partial charge >= 0.3 is 13.3 Å². The number of nitrogens with two attached hydrogens (primary N) is 3. The number of carbonyl (C=O) groups is 3. The van der Waals surface area contributed by atoms with Crippen molar-refractivity contribution in [2.75, 3.05) is 5.32 Å². The maximum Gasteiger partial charge on any atom is 0.488 e. The van der Waals surface area contributed by atoms with E-state index in [0.29, 0.717) is 24.8 Å². The molecule has 2 aromatic carbocycles. The van der Waals surface area contributed by atoms with Crippen molar-refractivity contribution in [1.29, 1.82) is 0 Å². The van der Waals surface area contributed by atoms with Crippen molar-refractivity contribution in [3.05, 3.63) is 59.7 Å². The predicted octanol–water partition coefficient (Wildman–Crippen LogP) is -0.128. The lowest BCUT2D eigenvalue weighted by Gasteiger charge is -2.31. The van der Waals surface area contributed by atoms with Crippen LogP contribution in [0.1, 0.15) is 49.7 Å². The first-order valence-electron chi connectivity index (χ1n) is 14.0. The van der Waals surface area contributed by atoms with Gasteiger partial charge in [-0.25, -0.2) is 0 Å². The van der Waals surface area contributed by atoms with E-state index in [0.717, 1.165) is 12.1 Å². The monoisotopic (exact) mass is 606 g/mol. The minimum Gasteiger partial charge on any atom is -0.423 e. The van der Waals surface area contributed by atoms with Gasteiger partial charge in [-0.15, -0.1) is 0 Å². The molecule has 11 nitrogen and oxygen atoms in total. The number of aryl methyl sites for hydroxylation is 1. The fourth-order valence-electron chi connectivity index (χ4n) is 4.97. The Bertz CT molecular complexity index is 1240. The van der Waals surface area contributed by atoms with Gasteiger partial charge in [0.05, 0.1) is 11.6 Å². The summed E-state index contributed by atoms with van der Waals surface area (Å²) >= 11 is 0. The highest BCUT2D eigenvalue weighted by Crippen LogP contribution is 2.29. The molecule has 0 heterocycles. The summed E-state index contributed by atoms with van der Waals surface area (Å²) in [5.74, 6) is -1.65. The lowest BCUT2D eigenvalue weighted by atomic mass is 9.80. The number of hydrogen-bond acceptors (Lipinski definition) is 8. The van der Waals surface area contributed by atoms with Gasteiger partial charge in [0, 0.05) is 30.2 Å². The highest BCUT2D eigenvalue weighted by atomic mass is 19.4. The molecular weight excluding hydrogens is 568 g/mol. The predicted molar refractivity (Wildman–Crippen MR) is 156 cm³/mol. The fraction of sp³-hybridized carbons (Fsp3) is 0.464. The van der Waals surface area contributed by atoms with Crippen molar-refractivity contribution in [2.45, 2.75) is 81.3 Å². The first kappa shape index (κ1) is 34.0. The van der Waals surface area contributed by atoms with Crippen LogP contribution in [0.4, 0.5) is 18.9 Å². The van der Waals surface area contributed by atoms with Crippen molar-refractivity contribution in [3.63, 3.8) is 0 Å². The molecule has 5 atom stereocenters. The number of hydrogen-bond donors (Lipinski definition) is 8. The normalized spacial score (nSPS) is 20.0. The summed E-state index contributed by atoms with van der Waals surface area (Å²) in [5.41, 5.74) is 18.0. The van der Waals surface area contributed by atoms with Gasteiger partial charge in [0.15, 0.2) is 0 Å². The van der Waals surface area contributed by atoms with Gasteiger partial charge in [-0.2, -0.15) is 13.2 Å². The molecular formula is C28H38BF3N6O5. The first-order chi connectivity index (χ1) is 20.2. The third-order valence-electron chi connectivity index (χ3n) is 7.25. The molecule has 1 saturated carbocycles. The minimum absolute atomic E-state index is 0.00777. The van der Waals surface area contributed by atoms with Gasteiger partial charge in [0.1, 0.15) is 6.04 Å². The molecule has 0 radical (unpaired) electrons. The van der Waals surface area contributed by atoms with E-state index in [1.165, 1.54) is 36.4 Å². The number of nitrogens with one attached hydrogen (secondary N) is 3. The topological polar surface area (TPSA) is 206 Å². The number of alkyl halides is 3. The lowest BCUT2D eigenvalue weighted by molar-refractivity contribution is -0.137. The largest absolute Gasteiger partial charge is 0.488 e. The van der Waals surface area contributed by atoms with Gasteiger partial charge in [0.25, 0.3) is 0 Å². The molecule has 1 aliphatic rings. The molecule has 43 heavy (non-hydrogen) atoms. The van der Waals surface area contributed by atoms with E-state index < -0.39 is 42.8 Å². The maximum atomic E-state index is 13.2. The number of anilines is 1. The van der Waals surface area contributed by atoms with E-state index in [2.05, 4.69) is 16.0 Å². The second-order valence-corrected chi connectivity index (χ2v) is 10.9. The van der Waals surface area contributed by atoms with Crippen LogP contribution in [-0.4, -0.2) is 65.1 Å². The lowest BCUT2D eigenvalue weighted by Crippen LogP contribution is -2.51. The molecule has 3 rings (SSSR count). The van der Waals surface area contributed by atoms with Crippen LogP contribution in [0.3, 0.4) is 0 Å². The number of benzene rings is 2. The molecule has 3 amide bonds. The second-order valence-electron chi connectivity index (χ2n) is 10.9. The van der Waals surface area contributed by atoms with Gasteiger partial charge < -0.3 is 43.2 Å². The molecule has 1 fully saturated rings. The van der Waals surface area contributed by atoms with Crippen LogP contribution in [0, 0.1) is 0 Å². The Morgan fingerprint density at radius 1 is 0.953 bits per heavy atom. The molecule has 11 N–H and O–H groups in total. The van der Waals surface area contributed by atoms with Gasteiger partial charge in [0.2, 0.25) is 17.7 Å². The summed E-state index contributed by atoms with van der Waals surface area (Å²) in [6.45, 7) is 0. The number of rotatable bonds is 12. The summed E-state index contributed by atoms with van der Waals surface area (Å²) < 4.78 is 38.8. The average Bonchev–Trinajstić information content (AvgIpc) is 2.93. The van der Waals surface area contributed by atoms with E-state index in [-0.39, 0.29) is 60.9 Å². The van der Waals surface area contributed by atoms with Crippen molar-refractivity contribution < 1.29 is 37.6 Å². The Morgan fingerprint density at radius 2 is 1.60 bits per heavy atom. The highest BCUT2D eigenvalue weighted by molar-refractivity contribution is 6.58. The molecule has 1 unspecified atom stereocenters. The van der Waals surface area contributed by atoms with Crippen LogP contribution in [0.15, 0.2) is 48.5 Å². The second kappa shape index (κ2) is 15.3. The first-order valence-corrected chi connectivity index (χ1v) is 14.0. The molecule has 0 spiro atoms. The van der Waals surface area contributed by atoms with E-state index in [1.807, 2.05) is 0 Å². The highest BCUT2D eigenvalue weighted by Gasteiger charge is 2.30. The summed E-state index contributed by atoms with van der Waals surface area (Å²) in [4.78, 5) is 38.6. The molecule has 0 saturated heterocycles. The van der Waals surface area contributed by atoms with Crippen molar-refractivity contribution in [2.24, 2.45) is 17.2 Å². The molecule has 234 valence electrons. The minimum atomic E-state index is -4.49. The molecule has 15 heteroatoms. The van der Waals surface area contributed by atoms with Crippen molar-refractivity contribution in [3.8, 4) is 0 Å². The standard InChI is InChI=1S/C28H38BF3N6O5/c30-28(31,32)17-7-4-16(5-8-17)6-10-24(27(41)37-21-3-1-2-18(12-21)29(42)43)38-26(40)23(35)9-11-25(39)36-22-14-19(33)13-20(34)15-22/h1-5,7-8,12,19-20,22-24,42-43H,6,9-11,13-15,33-35H2,(H,36,39)(H,37,41)(H,38,40)/t19-,20+,22?,23-,24+/m0/s1. The van der Waals surface area contributed by atoms with E-state index in [1.54, 1.807) is 0 Å². The Labute approximate surface area is 247 Å². The molecule has 0 aromatic heterocycles. The maximum absolute atomic E-state index is 13.2. The number of halogens is 3. The number of carbonyl (C=O) groups excluding carboxylic acids is 3. The summed E-state index contributed by atoms with van der Waals surface area (Å²) in [6.07, 6.45) is -2.51. The zero-order valence-electron chi connectivity index (χ0n) is 23.5. The Hall–Kier alpha value is -3.50. The Balaban J connectivity index is 1.62. The van der Waals surface area contributed by atoms with Crippen molar-refractivity contribution in [1.82, 2.24) is 10.6 Å². The number of amides is 3. The summed E-state index contributed by atoms with van der Waals surface area (Å²) in [6, 6.07) is 7.58. The SMILES string of the molecule is N[C@@H]1CC(NC(=O)CC[C@H](N)C(=O)N[C@H](CCc2ccc(C(F)(F)F)cc2)C(=O)Nc2cccc(B(O)O)c2)C[C@H](N)C1. The van der Waals surface area contributed by atoms with E-state index >= 15 is 0 Å².